The molecule has 0 fully saturated rings. The second kappa shape index (κ2) is 8.70. The minimum atomic E-state index is -4.50. The molecule has 0 aliphatic heterocycles. The highest BCUT2D eigenvalue weighted by Crippen LogP contribution is 2.31. The van der Waals surface area contributed by atoms with Gasteiger partial charge in [0.05, 0.1) is 0 Å². The molecular formula is C12H21F5. The Morgan fingerprint density at radius 2 is 1.29 bits per heavy atom. The lowest BCUT2D eigenvalue weighted by atomic mass is 10.0. The van der Waals surface area contributed by atoms with Gasteiger partial charge in [0.25, 0.3) is 0 Å². The van der Waals surface area contributed by atoms with E-state index in [1.54, 1.807) is 0 Å². The molecule has 0 saturated carbocycles. The summed E-state index contributed by atoms with van der Waals surface area (Å²) in [6.45, 7) is 2.08. The Balaban J connectivity index is 3.54. The highest BCUT2D eigenvalue weighted by atomic mass is 19.3. The summed E-state index contributed by atoms with van der Waals surface area (Å²) in [6, 6.07) is 0. The van der Waals surface area contributed by atoms with E-state index in [0.717, 1.165) is 32.1 Å². The van der Waals surface area contributed by atoms with Crippen LogP contribution in [0.1, 0.15) is 58.3 Å². The van der Waals surface area contributed by atoms with E-state index in [1.807, 2.05) is 0 Å². The first-order chi connectivity index (χ1) is 7.92. The first kappa shape index (κ1) is 16.6. The van der Waals surface area contributed by atoms with Crippen LogP contribution in [0, 0.1) is 0 Å². The standard InChI is InChI=1S/C12H21F5/c1-2-3-4-5-6-7-8-9-10(13)12(16,17)11(14)15/h10-11H,2-9H2,1H3. The molecule has 0 spiro atoms. The van der Waals surface area contributed by atoms with E-state index in [-0.39, 0.29) is 6.42 Å². The third-order valence-corrected chi connectivity index (χ3v) is 2.77. The zero-order chi connectivity index (χ0) is 13.3. The fourth-order valence-corrected chi connectivity index (χ4v) is 1.61. The number of rotatable bonds is 10. The van der Waals surface area contributed by atoms with Gasteiger partial charge in [-0.05, 0) is 6.42 Å². The van der Waals surface area contributed by atoms with Crippen LogP contribution in [0.4, 0.5) is 22.0 Å². The highest BCUT2D eigenvalue weighted by molar-refractivity contribution is 4.79. The maximum Gasteiger partial charge on any atom is 0.337 e. The summed E-state index contributed by atoms with van der Waals surface area (Å²) < 4.78 is 61.4. The zero-order valence-electron chi connectivity index (χ0n) is 10.2. The molecule has 17 heavy (non-hydrogen) atoms. The number of hydrogen-bond acceptors (Lipinski definition) is 0. The van der Waals surface area contributed by atoms with E-state index in [2.05, 4.69) is 6.92 Å². The Kier molecular flexibility index (Phi) is 8.52. The molecule has 0 radical (unpaired) electrons. The molecule has 0 N–H and O–H groups in total. The van der Waals surface area contributed by atoms with Crippen LogP contribution < -0.4 is 0 Å². The summed E-state index contributed by atoms with van der Waals surface area (Å²) in [5, 5.41) is 0. The first-order valence-corrected chi connectivity index (χ1v) is 6.23. The SMILES string of the molecule is CCCCCCCCCC(F)C(F)(F)C(F)F. The van der Waals surface area contributed by atoms with Gasteiger partial charge in [0.15, 0.2) is 6.17 Å². The summed E-state index contributed by atoms with van der Waals surface area (Å²) in [5.74, 6) is -4.50. The van der Waals surface area contributed by atoms with E-state index in [9.17, 15) is 22.0 Å². The molecule has 1 unspecified atom stereocenters. The predicted octanol–water partition coefficient (Wildman–Crippen LogP) is 5.37. The number of unbranched alkanes of at least 4 members (excludes halogenated alkanes) is 6. The topological polar surface area (TPSA) is 0 Å². The van der Waals surface area contributed by atoms with Crippen molar-refractivity contribution in [3.05, 3.63) is 0 Å². The Morgan fingerprint density at radius 1 is 0.824 bits per heavy atom. The molecule has 104 valence electrons. The average molecular weight is 260 g/mol. The highest BCUT2D eigenvalue weighted by Gasteiger charge is 2.48. The van der Waals surface area contributed by atoms with Gasteiger partial charge in [0.1, 0.15) is 0 Å². The van der Waals surface area contributed by atoms with Gasteiger partial charge < -0.3 is 0 Å². The number of hydrogen-bond donors (Lipinski definition) is 0. The van der Waals surface area contributed by atoms with Gasteiger partial charge in [0, 0.05) is 0 Å². The van der Waals surface area contributed by atoms with E-state index in [4.69, 9.17) is 0 Å². The van der Waals surface area contributed by atoms with Crippen molar-refractivity contribution in [3.63, 3.8) is 0 Å². The summed E-state index contributed by atoms with van der Waals surface area (Å²) in [7, 11) is 0. The van der Waals surface area contributed by atoms with Crippen LogP contribution in [0.5, 0.6) is 0 Å². The molecule has 5 heteroatoms. The fourth-order valence-electron chi connectivity index (χ4n) is 1.61. The molecule has 0 rings (SSSR count). The van der Waals surface area contributed by atoms with Crippen LogP contribution in [-0.2, 0) is 0 Å². The molecule has 0 nitrogen and oxygen atoms in total. The molecule has 0 aliphatic carbocycles. The molecule has 0 heterocycles. The Morgan fingerprint density at radius 3 is 1.76 bits per heavy atom. The van der Waals surface area contributed by atoms with Crippen molar-refractivity contribution in [1.82, 2.24) is 0 Å². The lowest BCUT2D eigenvalue weighted by Gasteiger charge is -2.19. The third-order valence-electron chi connectivity index (χ3n) is 2.77. The molecule has 0 saturated heterocycles. The third kappa shape index (κ3) is 6.84. The number of alkyl halides is 5. The molecule has 1 atom stereocenters. The van der Waals surface area contributed by atoms with E-state index in [1.165, 1.54) is 0 Å². The van der Waals surface area contributed by atoms with Crippen molar-refractivity contribution in [2.24, 2.45) is 0 Å². The van der Waals surface area contributed by atoms with Crippen molar-refractivity contribution in [3.8, 4) is 0 Å². The van der Waals surface area contributed by atoms with Crippen LogP contribution in [0.15, 0.2) is 0 Å². The van der Waals surface area contributed by atoms with Gasteiger partial charge in [-0.15, -0.1) is 0 Å². The van der Waals surface area contributed by atoms with Crippen molar-refractivity contribution in [2.75, 3.05) is 0 Å². The molecular weight excluding hydrogens is 239 g/mol. The lowest BCUT2D eigenvalue weighted by Crippen LogP contribution is -2.37. The minimum Gasteiger partial charge on any atom is -0.241 e. The Bertz CT molecular complexity index is 182. The first-order valence-electron chi connectivity index (χ1n) is 6.23. The van der Waals surface area contributed by atoms with Crippen molar-refractivity contribution >= 4 is 0 Å². The van der Waals surface area contributed by atoms with Crippen LogP contribution in [-0.4, -0.2) is 18.5 Å². The Labute approximate surface area is 99.6 Å². The van der Waals surface area contributed by atoms with E-state index < -0.39 is 24.9 Å². The maximum atomic E-state index is 12.8. The Hall–Kier alpha value is -0.350. The van der Waals surface area contributed by atoms with Gasteiger partial charge in [0.2, 0.25) is 0 Å². The van der Waals surface area contributed by atoms with Gasteiger partial charge in [-0.3, -0.25) is 0 Å². The van der Waals surface area contributed by atoms with Crippen molar-refractivity contribution in [1.29, 1.82) is 0 Å². The smallest absolute Gasteiger partial charge is 0.241 e. The summed E-state index contributed by atoms with van der Waals surface area (Å²) in [5.41, 5.74) is 0. The van der Waals surface area contributed by atoms with Gasteiger partial charge in [-0.1, -0.05) is 51.9 Å². The molecule has 0 aromatic rings. The van der Waals surface area contributed by atoms with Crippen molar-refractivity contribution < 1.29 is 22.0 Å². The van der Waals surface area contributed by atoms with E-state index >= 15 is 0 Å². The number of halogens is 5. The monoisotopic (exact) mass is 260 g/mol. The van der Waals surface area contributed by atoms with Crippen LogP contribution in [0.25, 0.3) is 0 Å². The van der Waals surface area contributed by atoms with Gasteiger partial charge in [-0.25, -0.2) is 13.2 Å². The summed E-state index contributed by atoms with van der Waals surface area (Å²) in [6.07, 6.45) is -1.06. The van der Waals surface area contributed by atoms with Crippen LogP contribution in [0.3, 0.4) is 0 Å². The average Bonchev–Trinajstić information content (AvgIpc) is 2.27. The van der Waals surface area contributed by atoms with E-state index in [0.29, 0.717) is 6.42 Å². The summed E-state index contributed by atoms with van der Waals surface area (Å²) >= 11 is 0. The second-order valence-corrected chi connectivity index (χ2v) is 4.35. The molecule has 0 amide bonds. The minimum absolute atomic E-state index is 0.246. The molecule has 0 bridgehead atoms. The fraction of sp³-hybridized carbons (Fsp3) is 1.00. The van der Waals surface area contributed by atoms with Crippen LogP contribution in [0.2, 0.25) is 0 Å². The summed E-state index contributed by atoms with van der Waals surface area (Å²) in [4.78, 5) is 0. The molecule has 0 aliphatic rings. The second-order valence-electron chi connectivity index (χ2n) is 4.35. The largest absolute Gasteiger partial charge is 0.337 e. The normalized spacial score (nSPS) is 14.3. The maximum absolute atomic E-state index is 12.8. The predicted molar refractivity (Wildman–Crippen MR) is 58.5 cm³/mol. The van der Waals surface area contributed by atoms with Crippen molar-refractivity contribution in [2.45, 2.75) is 76.8 Å². The van der Waals surface area contributed by atoms with Crippen LogP contribution >= 0.6 is 0 Å². The molecule has 0 aromatic heterocycles. The zero-order valence-corrected chi connectivity index (χ0v) is 10.2. The van der Waals surface area contributed by atoms with Gasteiger partial charge >= 0.3 is 12.3 Å². The van der Waals surface area contributed by atoms with Gasteiger partial charge in [-0.2, -0.15) is 8.78 Å². The quantitative estimate of drug-likeness (QED) is 0.366. The lowest BCUT2D eigenvalue weighted by molar-refractivity contribution is -0.172. The molecule has 0 aromatic carbocycles.